The number of aromatic nitrogens is 4. The molecule has 2 aliphatic rings. The summed E-state index contributed by atoms with van der Waals surface area (Å²) in [7, 11) is 1.72. The third-order valence-corrected chi connectivity index (χ3v) is 6.25. The summed E-state index contributed by atoms with van der Waals surface area (Å²) in [5, 5.41) is 13.1. The van der Waals surface area contributed by atoms with E-state index in [1.54, 1.807) is 36.0 Å². The van der Waals surface area contributed by atoms with Crippen LogP contribution in [0.4, 0.5) is 21.7 Å². The minimum Gasteiger partial charge on any atom is -0.379 e. The minimum atomic E-state index is -1.02. The molecular formula is C22H26FN7O3. The van der Waals surface area contributed by atoms with Gasteiger partial charge in [0.05, 0.1) is 24.9 Å². The van der Waals surface area contributed by atoms with E-state index in [-0.39, 0.29) is 17.2 Å². The summed E-state index contributed by atoms with van der Waals surface area (Å²) < 4.78 is 22.3. The molecule has 5 rings (SSSR count). The van der Waals surface area contributed by atoms with Crippen LogP contribution < -0.4 is 21.5 Å². The monoisotopic (exact) mass is 455 g/mol. The summed E-state index contributed by atoms with van der Waals surface area (Å²) >= 11 is 0. The zero-order valence-corrected chi connectivity index (χ0v) is 18.3. The number of nitrogens with one attached hydrogen (secondary N) is 3. The van der Waals surface area contributed by atoms with Gasteiger partial charge in [-0.3, -0.25) is 9.59 Å². The molecule has 3 atom stereocenters. The maximum atomic E-state index is 13.6. The van der Waals surface area contributed by atoms with E-state index < -0.39 is 18.1 Å². The van der Waals surface area contributed by atoms with Crippen molar-refractivity contribution in [3.63, 3.8) is 0 Å². The van der Waals surface area contributed by atoms with Crippen molar-refractivity contribution in [3.8, 4) is 0 Å². The number of anilines is 3. The van der Waals surface area contributed by atoms with Gasteiger partial charge in [0.2, 0.25) is 0 Å². The van der Waals surface area contributed by atoms with Crippen molar-refractivity contribution >= 4 is 28.9 Å². The molecule has 1 aliphatic heterocycles. The Kier molecular flexibility index (Phi) is 5.71. The number of hydrogen-bond acceptors (Lipinski definition) is 7. The Hall–Kier alpha value is -3.47. The lowest BCUT2D eigenvalue weighted by molar-refractivity contribution is 0.0581. The highest BCUT2D eigenvalue weighted by atomic mass is 19.1. The molecule has 1 aliphatic carbocycles. The fourth-order valence-electron chi connectivity index (χ4n) is 4.21. The van der Waals surface area contributed by atoms with Gasteiger partial charge in [-0.1, -0.05) is 0 Å². The quantitative estimate of drug-likeness (QED) is 0.522. The fraction of sp³-hybridized carbons (Fsp3) is 0.455. The highest BCUT2D eigenvalue weighted by Gasteiger charge is 2.33. The number of amides is 1. The largest absolute Gasteiger partial charge is 0.379 e. The van der Waals surface area contributed by atoms with Crippen LogP contribution in [0, 0.1) is 0 Å². The van der Waals surface area contributed by atoms with Crippen LogP contribution in [-0.2, 0) is 4.74 Å². The Bertz CT molecular complexity index is 1230. The summed E-state index contributed by atoms with van der Waals surface area (Å²) in [5.41, 5.74) is 0.723. The molecule has 1 saturated carbocycles. The van der Waals surface area contributed by atoms with Crippen molar-refractivity contribution in [3.05, 3.63) is 46.5 Å². The average Bonchev–Trinajstić information content (AvgIpc) is 3.27. The van der Waals surface area contributed by atoms with E-state index in [0.717, 1.165) is 12.8 Å². The highest BCUT2D eigenvalue weighted by molar-refractivity contribution is 6.00. The summed E-state index contributed by atoms with van der Waals surface area (Å²) in [4.78, 5) is 30.4. The first-order valence-electron chi connectivity index (χ1n) is 11.1. The molecule has 1 saturated heterocycles. The molecule has 3 N–H and O–H groups in total. The van der Waals surface area contributed by atoms with Crippen LogP contribution in [-0.4, -0.2) is 57.5 Å². The van der Waals surface area contributed by atoms with Gasteiger partial charge in [-0.2, -0.15) is 9.61 Å². The maximum absolute atomic E-state index is 13.6. The van der Waals surface area contributed by atoms with Crippen molar-refractivity contribution in [2.45, 2.75) is 43.9 Å². The molecular weight excluding hydrogens is 429 g/mol. The Morgan fingerprint density at radius 1 is 1.30 bits per heavy atom. The standard InChI is InChI=1S/C22H26FN7O3/c1-24-19-10-18(26-17-5-2-8-29(22(17)32)13-4-3-9-33-12-13)28-20-14(11-25-30(19)20)21(31)27-16-7-6-15(16)23/h2,5,8,10-11,13,15-16,24H,3-4,6-7,9,12H2,1H3,(H,26,28)(H,27,31)/t13-,15+,16?/m1/s1. The van der Waals surface area contributed by atoms with Crippen molar-refractivity contribution in [1.82, 2.24) is 24.5 Å². The van der Waals surface area contributed by atoms with Crippen LogP contribution in [0.1, 0.15) is 42.1 Å². The first-order valence-corrected chi connectivity index (χ1v) is 11.1. The Labute approximate surface area is 189 Å². The van der Waals surface area contributed by atoms with E-state index in [1.807, 2.05) is 0 Å². The third kappa shape index (κ3) is 4.04. The van der Waals surface area contributed by atoms with Crippen LogP contribution in [0.15, 0.2) is 35.4 Å². The molecule has 1 unspecified atom stereocenters. The van der Waals surface area contributed by atoms with Gasteiger partial charge in [-0.05, 0) is 37.8 Å². The molecule has 3 aromatic heterocycles. The second-order valence-electron chi connectivity index (χ2n) is 8.37. The third-order valence-electron chi connectivity index (χ3n) is 6.25. The van der Waals surface area contributed by atoms with Gasteiger partial charge in [-0.25, -0.2) is 9.37 Å². The molecule has 174 valence electrons. The summed E-state index contributed by atoms with van der Waals surface area (Å²) in [5.74, 6) is 0.525. The van der Waals surface area contributed by atoms with E-state index in [0.29, 0.717) is 49.0 Å². The Morgan fingerprint density at radius 2 is 2.18 bits per heavy atom. The molecule has 4 heterocycles. The fourth-order valence-corrected chi connectivity index (χ4v) is 4.21. The summed E-state index contributed by atoms with van der Waals surface area (Å²) in [6.07, 6.45) is 5.01. The van der Waals surface area contributed by atoms with Crippen LogP contribution in [0.25, 0.3) is 5.65 Å². The van der Waals surface area contributed by atoms with Crippen LogP contribution in [0.5, 0.6) is 0 Å². The molecule has 3 aromatic rings. The first kappa shape index (κ1) is 21.4. The number of hydrogen-bond donors (Lipinski definition) is 3. The number of carbonyl (C=O) groups excluding carboxylic acids is 1. The predicted octanol–water partition coefficient (Wildman–Crippen LogP) is 2.26. The number of halogens is 1. The second kappa shape index (κ2) is 8.81. The second-order valence-corrected chi connectivity index (χ2v) is 8.37. The van der Waals surface area contributed by atoms with Crippen molar-refractivity contribution in [2.75, 3.05) is 30.9 Å². The van der Waals surface area contributed by atoms with Crippen LogP contribution in [0.3, 0.4) is 0 Å². The molecule has 1 amide bonds. The van der Waals surface area contributed by atoms with Gasteiger partial charge in [0.25, 0.3) is 11.5 Å². The normalized spacial score (nSPS) is 22.5. The summed E-state index contributed by atoms with van der Waals surface area (Å²) in [6.45, 7) is 1.22. The van der Waals surface area contributed by atoms with Gasteiger partial charge >= 0.3 is 0 Å². The van der Waals surface area contributed by atoms with Crippen LogP contribution in [0.2, 0.25) is 0 Å². The lowest BCUT2D eigenvalue weighted by Crippen LogP contribution is -2.48. The summed E-state index contributed by atoms with van der Waals surface area (Å²) in [6, 6.07) is 4.71. The Balaban J connectivity index is 1.46. The number of alkyl halides is 1. The molecule has 0 spiro atoms. The zero-order valence-electron chi connectivity index (χ0n) is 18.3. The number of rotatable bonds is 6. The predicted molar refractivity (Wildman–Crippen MR) is 121 cm³/mol. The maximum Gasteiger partial charge on any atom is 0.274 e. The smallest absolute Gasteiger partial charge is 0.274 e. The molecule has 33 heavy (non-hydrogen) atoms. The van der Waals surface area contributed by atoms with Gasteiger partial charge in [0.15, 0.2) is 5.65 Å². The molecule has 0 bridgehead atoms. The highest BCUT2D eigenvalue weighted by Crippen LogP contribution is 2.25. The molecule has 0 aromatic carbocycles. The molecule has 10 nitrogen and oxygen atoms in total. The topological polar surface area (TPSA) is 115 Å². The van der Waals surface area contributed by atoms with Gasteiger partial charge in [0.1, 0.15) is 29.1 Å². The number of pyridine rings is 1. The van der Waals surface area contributed by atoms with Gasteiger partial charge < -0.3 is 25.3 Å². The van der Waals surface area contributed by atoms with E-state index >= 15 is 0 Å². The van der Waals surface area contributed by atoms with Crippen molar-refractivity contribution < 1.29 is 13.9 Å². The van der Waals surface area contributed by atoms with Gasteiger partial charge in [-0.15, -0.1) is 0 Å². The Morgan fingerprint density at radius 3 is 2.88 bits per heavy atom. The average molecular weight is 455 g/mol. The van der Waals surface area contributed by atoms with E-state index in [9.17, 15) is 14.0 Å². The number of ether oxygens (including phenoxy) is 1. The zero-order chi connectivity index (χ0) is 22.9. The van der Waals surface area contributed by atoms with Crippen molar-refractivity contribution in [2.24, 2.45) is 0 Å². The lowest BCUT2D eigenvalue weighted by Gasteiger charge is -2.30. The van der Waals surface area contributed by atoms with E-state index in [1.165, 1.54) is 10.7 Å². The molecule has 2 fully saturated rings. The van der Waals surface area contributed by atoms with Gasteiger partial charge in [0, 0.05) is 25.9 Å². The van der Waals surface area contributed by atoms with Crippen LogP contribution >= 0.6 is 0 Å². The molecule has 0 radical (unpaired) electrons. The van der Waals surface area contributed by atoms with E-state index in [2.05, 4.69) is 26.0 Å². The number of fused-ring (bicyclic) bond motifs is 1. The first-order chi connectivity index (χ1) is 16.0. The van der Waals surface area contributed by atoms with E-state index in [4.69, 9.17) is 4.74 Å². The lowest BCUT2D eigenvalue weighted by atomic mass is 9.90. The molecule has 11 heteroatoms. The number of carbonyl (C=O) groups is 1. The minimum absolute atomic E-state index is 0.00715. The number of nitrogens with zero attached hydrogens (tertiary/aromatic N) is 4. The van der Waals surface area contributed by atoms with Crippen molar-refractivity contribution in [1.29, 1.82) is 0 Å². The SMILES string of the molecule is CNc1cc(Nc2cccn([C@@H]3CCCOC3)c2=O)nc2c(C(=O)NC3CC[C@@H]3F)cnn12.